The highest BCUT2D eigenvalue weighted by atomic mass is 16.5. The molecule has 0 aliphatic rings. The van der Waals surface area contributed by atoms with E-state index in [4.69, 9.17) is 9.47 Å². The van der Waals surface area contributed by atoms with Crippen molar-refractivity contribution in [1.82, 2.24) is 20.3 Å². The van der Waals surface area contributed by atoms with E-state index in [1.165, 1.54) is 4.68 Å². The standard InChI is InChI=1S/C24H22N4O4/c1-31-21-12-9-17(13-22(21)32-2)14-25-23(29)18-10-7-16(8-11-18)15-28-24(30)19-5-3-4-6-20(19)26-27-28/h3-13H,14-15H2,1-2H3,(H,25,29). The van der Waals surface area contributed by atoms with Crippen LogP contribution in [0, 0.1) is 0 Å². The Morgan fingerprint density at radius 2 is 1.66 bits per heavy atom. The summed E-state index contributed by atoms with van der Waals surface area (Å²) in [6.45, 7) is 0.618. The Hall–Kier alpha value is -4.20. The van der Waals surface area contributed by atoms with Gasteiger partial charge in [-0.1, -0.05) is 35.5 Å². The van der Waals surface area contributed by atoms with E-state index in [2.05, 4.69) is 15.6 Å². The maximum atomic E-state index is 12.6. The minimum atomic E-state index is -0.202. The van der Waals surface area contributed by atoms with Crippen molar-refractivity contribution >= 4 is 16.8 Å². The fraction of sp³-hybridized carbons (Fsp3) is 0.167. The lowest BCUT2D eigenvalue weighted by Crippen LogP contribution is -2.25. The molecule has 0 saturated carbocycles. The predicted molar refractivity (Wildman–Crippen MR) is 120 cm³/mol. The quantitative estimate of drug-likeness (QED) is 0.484. The van der Waals surface area contributed by atoms with Gasteiger partial charge in [-0.15, -0.1) is 5.10 Å². The SMILES string of the molecule is COc1ccc(CNC(=O)c2ccc(Cn3nnc4ccccc4c3=O)cc2)cc1OC. The molecule has 1 aromatic heterocycles. The number of carbonyl (C=O) groups is 1. The molecular formula is C24H22N4O4. The smallest absolute Gasteiger partial charge is 0.277 e. The van der Waals surface area contributed by atoms with Crippen molar-refractivity contribution in [3.05, 3.63) is 93.8 Å². The van der Waals surface area contributed by atoms with Crippen molar-refractivity contribution in [2.75, 3.05) is 14.2 Å². The molecule has 0 radical (unpaired) electrons. The van der Waals surface area contributed by atoms with Gasteiger partial charge in [0.2, 0.25) is 0 Å². The van der Waals surface area contributed by atoms with Crippen molar-refractivity contribution in [1.29, 1.82) is 0 Å². The van der Waals surface area contributed by atoms with E-state index in [0.717, 1.165) is 11.1 Å². The molecule has 1 heterocycles. The van der Waals surface area contributed by atoms with E-state index in [1.54, 1.807) is 62.8 Å². The Balaban J connectivity index is 1.42. The number of amides is 1. The molecule has 3 aromatic carbocycles. The van der Waals surface area contributed by atoms with Crippen molar-refractivity contribution in [3.63, 3.8) is 0 Å². The lowest BCUT2D eigenvalue weighted by molar-refractivity contribution is 0.0951. The lowest BCUT2D eigenvalue weighted by Gasteiger charge is -2.11. The summed E-state index contributed by atoms with van der Waals surface area (Å²) in [6.07, 6.45) is 0. The van der Waals surface area contributed by atoms with Gasteiger partial charge in [0.25, 0.3) is 11.5 Å². The Bertz CT molecular complexity index is 1320. The van der Waals surface area contributed by atoms with Gasteiger partial charge >= 0.3 is 0 Å². The predicted octanol–water partition coefficient (Wildman–Crippen LogP) is 2.79. The molecule has 0 spiro atoms. The van der Waals surface area contributed by atoms with Crippen LogP contribution in [0.3, 0.4) is 0 Å². The van der Waals surface area contributed by atoms with Crippen LogP contribution in [0.15, 0.2) is 71.5 Å². The first-order valence-electron chi connectivity index (χ1n) is 9.99. The van der Waals surface area contributed by atoms with Crippen LogP contribution in [-0.4, -0.2) is 35.1 Å². The fourth-order valence-electron chi connectivity index (χ4n) is 3.34. The maximum absolute atomic E-state index is 12.6. The van der Waals surface area contributed by atoms with E-state index in [0.29, 0.717) is 34.5 Å². The van der Waals surface area contributed by atoms with E-state index >= 15 is 0 Å². The van der Waals surface area contributed by atoms with Crippen molar-refractivity contribution < 1.29 is 14.3 Å². The normalized spacial score (nSPS) is 10.7. The third-order valence-electron chi connectivity index (χ3n) is 5.08. The molecule has 0 aliphatic heterocycles. The molecule has 4 rings (SSSR count). The van der Waals surface area contributed by atoms with Gasteiger partial charge in [0.1, 0.15) is 5.52 Å². The van der Waals surface area contributed by atoms with E-state index in [1.807, 2.05) is 18.2 Å². The third-order valence-corrected chi connectivity index (χ3v) is 5.08. The van der Waals surface area contributed by atoms with Gasteiger partial charge in [0.15, 0.2) is 11.5 Å². The van der Waals surface area contributed by atoms with Gasteiger partial charge in [0.05, 0.1) is 26.2 Å². The van der Waals surface area contributed by atoms with Crippen LogP contribution in [0.1, 0.15) is 21.5 Å². The van der Waals surface area contributed by atoms with Crippen LogP contribution in [0.4, 0.5) is 0 Å². The number of nitrogens with one attached hydrogen (secondary N) is 1. The Labute approximate surface area is 184 Å². The van der Waals surface area contributed by atoms with E-state index in [9.17, 15) is 9.59 Å². The molecule has 0 atom stereocenters. The molecule has 162 valence electrons. The molecule has 0 bridgehead atoms. The molecular weight excluding hydrogens is 408 g/mol. The number of ether oxygens (including phenoxy) is 2. The number of nitrogens with zero attached hydrogens (tertiary/aromatic N) is 3. The summed E-state index contributed by atoms with van der Waals surface area (Å²) < 4.78 is 11.8. The van der Waals surface area contributed by atoms with Crippen LogP contribution in [0.25, 0.3) is 10.9 Å². The van der Waals surface area contributed by atoms with Crippen LogP contribution in [-0.2, 0) is 13.1 Å². The number of carbonyl (C=O) groups excluding carboxylic acids is 1. The second kappa shape index (κ2) is 9.30. The highest BCUT2D eigenvalue weighted by molar-refractivity contribution is 5.94. The summed E-state index contributed by atoms with van der Waals surface area (Å²) in [6, 6.07) is 19.6. The number of fused-ring (bicyclic) bond motifs is 1. The minimum Gasteiger partial charge on any atom is -0.493 e. The van der Waals surface area contributed by atoms with Gasteiger partial charge in [-0.3, -0.25) is 9.59 Å². The molecule has 4 aromatic rings. The van der Waals surface area contributed by atoms with Crippen molar-refractivity contribution in [3.8, 4) is 11.5 Å². The summed E-state index contributed by atoms with van der Waals surface area (Å²) in [5.74, 6) is 1.04. The topological polar surface area (TPSA) is 95.3 Å². The third kappa shape index (κ3) is 4.44. The summed E-state index contributed by atoms with van der Waals surface area (Å²) in [5, 5.41) is 11.5. The molecule has 0 aliphatic carbocycles. The highest BCUT2D eigenvalue weighted by Gasteiger charge is 2.09. The summed E-state index contributed by atoms with van der Waals surface area (Å²) in [4.78, 5) is 25.1. The van der Waals surface area contributed by atoms with E-state index in [-0.39, 0.29) is 18.0 Å². The number of hydrogen-bond donors (Lipinski definition) is 1. The highest BCUT2D eigenvalue weighted by Crippen LogP contribution is 2.27. The molecule has 32 heavy (non-hydrogen) atoms. The maximum Gasteiger partial charge on any atom is 0.277 e. The molecule has 8 heteroatoms. The number of aromatic nitrogens is 3. The Morgan fingerprint density at radius 1 is 0.938 bits per heavy atom. The second-order valence-corrected chi connectivity index (χ2v) is 7.14. The number of methoxy groups -OCH3 is 2. The summed E-state index contributed by atoms with van der Waals surface area (Å²) in [5.41, 5.74) is 2.61. The van der Waals surface area contributed by atoms with Crippen LogP contribution < -0.4 is 20.3 Å². The van der Waals surface area contributed by atoms with Gasteiger partial charge in [-0.2, -0.15) is 0 Å². The molecule has 0 fully saturated rings. The number of rotatable bonds is 7. The Kier molecular flexibility index (Phi) is 6.12. The first-order chi connectivity index (χ1) is 15.6. The van der Waals surface area contributed by atoms with Gasteiger partial charge in [0, 0.05) is 12.1 Å². The lowest BCUT2D eigenvalue weighted by atomic mass is 10.1. The summed E-state index contributed by atoms with van der Waals surface area (Å²) >= 11 is 0. The molecule has 8 nitrogen and oxygen atoms in total. The molecule has 1 N–H and O–H groups in total. The zero-order valence-electron chi connectivity index (χ0n) is 17.7. The average molecular weight is 430 g/mol. The fourth-order valence-corrected chi connectivity index (χ4v) is 3.34. The zero-order chi connectivity index (χ0) is 22.5. The van der Waals surface area contributed by atoms with Crippen LogP contribution in [0.2, 0.25) is 0 Å². The minimum absolute atomic E-state index is 0.200. The van der Waals surface area contributed by atoms with Crippen LogP contribution >= 0.6 is 0 Å². The van der Waals surface area contributed by atoms with Gasteiger partial charge in [-0.05, 0) is 47.5 Å². The molecule has 0 unspecified atom stereocenters. The number of benzene rings is 3. The second-order valence-electron chi connectivity index (χ2n) is 7.14. The van der Waals surface area contributed by atoms with Gasteiger partial charge in [-0.25, -0.2) is 4.68 Å². The van der Waals surface area contributed by atoms with Gasteiger partial charge < -0.3 is 14.8 Å². The monoisotopic (exact) mass is 430 g/mol. The van der Waals surface area contributed by atoms with E-state index < -0.39 is 0 Å². The summed E-state index contributed by atoms with van der Waals surface area (Å²) in [7, 11) is 3.14. The van der Waals surface area contributed by atoms with Crippen molar-refractivity contribution in [2.45, 2.75) is 13.1 Å². The zero-order valence-corrected chi connectivity index (χ0v) is 17.7. The van der Waals surface area contributed by atoms with Crippen molar-refractivity contribution in [2.24, 2.45) is 0 Å². The number of hydrogen-bond acceptors (Lipinski definition) is 6. The molecule has 0 saturated heterocycles. The first kappa shape index (κ1) is 21.0. The van der Waals surface area contributed by atoms with Crippen LogP contribution in [0.5, 0.6) is 11.5 Å². The largest absolute Gasteiger partial charge is 0.493 e. The Morgan fingerprint density at radius 3 is 2.41 bits per heavy atom. The molecule has 1 amide bonds. The average Bonchev–Trinajstić information content (AvgIpc) is 2.84. The first-order valence-corrected chi connectivity index (χ1v) is 9.99.